The minimum absolute atomic E-state index is 0.331. The monoisotopic (exact) mass is 267 g/mol. The third-order valence-electron chi connectivity index (χ3n) is 1.69. The maximum Gasteiger partial charge on any atom is 0.258 e. The summed E-state index contributed by atoms with van der Waals surface area (Å²) in [6.45, 7) is 1.34. The molecule has 0 radical (unpaired) electrons. The largest absolute Gasteiger partial charge is 0.376 e. The summed E-state index contributed by atoms with van der Waals surface area (Å²) in [5, 5.41) is 2.51. The van der Waals surface area contributed by atoms with E-state index in [1.807, 2.05) is 0 Å². The van der Waals surface area contributed by atoms with Crippen molar-refractivity contribution < 1.29 is 13.2 Å². The summed E-state index contributed by atoms with van der Waals surface area (Å²) in [6.07, 6.45) is -2.48. The second-order valence-corrected chi connectivity index (χ2v) is 3.75. The number of anilines is 1. The van der Waals surface area contributed by atoms with Gasteiger partial charge in [-0.1, -0.05) is 0 Å². The van der Waals surface area contributed by atoms with E-state index < -0.39 is 18.3 Å². The van der Waals surface area contributed by atoms with Crippen LogP contribution in [0, 0.1) is 5.82 Å². The first kappa shape index (κ1) is 11.4. The van der Waals surface area contributed by atoms with Gasteiger partial charge in [-0.25, -0.2) is 13.2 Å². The normalized spacial score (nSPS) is 13.0. The molecule has 0 fully saturated rings. The second kappa shape index (κ2) is 4.68. The van der Waals surface area contributed by atoms with Crippen molar-refractivity contribution in [1.29, 1.82) is 0 Å². The topological polar surface area (TPSA) is 12.0 Å². The molecule has 0 aliphatic carbocycles. The van der Waals surface area contributed by atoms with Crippen LogP contribution in [-0.2, 0) is 0 Å². The van der Waals surface area contributed by atoms with Crippen molar-refractivity contribution in [2.45, 2.75) is 19.4 Å². The Morgan fingerprint density at radius 3 is 2.57 bits per heavy atom. The number of alkyl halides is 2. The Labute approximate surface area is 88.4 Å². The fourth-order valence-corrected chi connectivity index (χ4v) is 1.28. The van der Waals surface area contributed by atoms with Gasteiger partial charge in [0.05, 0.1) is 11.7 Å². The zero-order valence-electron chi connectivity index (χ0n) is 7.40. The lowest BCUT2D eigenvalue weighted by Crippen LogP contribution is -2.23. The highest BCUT2D eigenvalue weighted by Crippen LogP contribution is 2.24. The zero-order chi connectivity index (χ0) is 10.7. The predicted octanol–water partition coefficient (Wildman–Crippen LogP) is 3.65. The first-order valence-electron chi connectivity index (χ1n) is 4.00. The van der Waals surface area contributed by atoms with E-state index >= 15 is 0 Å². The Morgan fingerprint density at radius 2 is 2.00 bits per heavy atom. The van der Waals surface area contributed by atoms with Gasteiger partial charge in [-0.15, -0.1) is 0 Å². The maximum atomic E-state index is 12.8. The van der Waals surface area contributed by atoms with Crippen LogP contribution in [0.3, 0.4) is 0 Å². The minimum Gasteiger partial charge on any atom is -0.376 e. The average molecular weight is 268 g/mol. The van der Waals surface area contributed by atoms with Crippen LogP contribution >= 0.6 is 15.9 Å². The van der Waals surface area contributed by atoms with Crippen LogP contribution in [0.15, 0.2) is 22.7 Å². The molecule has 1 rings (SSSR count). The van der Waals surface area contributed by atoms with Crippen LogP contribution in [0.4, 0.5) is 18.9 Å². The Balaban J connectivity index is 2.80. The van der Waals surface area contributed by atoms with Gasteiger partial charge in [-0.3, -0.25) is 0 Å². The third kappa shape index (κ3) is 2.90. The fraction of sp³-hybridized carbons (Fsp3) is 0.333. The Kier molecular flexibility index (Phi) is 3.80. The molecule has 78 valence electrons. The van der Waals surface area contributed by atoms with E-state index in [9.17, 15) is 13.2 Å². The fourth-order valence-electron chi connectivity index (χ4n) is 0.916. The highest BCUT2D eigenvalue weighted by molar-refractivity contribution is 9.10. The highest BCUT2D eigenvalue weighted by Gasteiger charge is 2.15. The van der Waals surface area contributed by atoms with E-state index in [1.165, 1.54) is 25.1 Å². The second-order valence-electron chi connectivity index (χ2n) is 2.89. The number of nitrogens with one attached hydrogen (secondary N) is 1. The van der Waals surface area contributed by atoms with Crippen LogP contribution in [0.1, 0.15) is 6.92 Å². The summed E-state index contributed by atoms with van der Waals surface area (Å²) in [5.74, 6) is -0.461. The van der Waals surface area contributed by atoms with Crippen molar-refractivity contribution in [3.63, 3.8) is 0 Å². The van der Waals surface area contributed by atoms with Gasteiger partial charge < -0.3 is 5.32 Å². The van der Waals surface area contributed by atoms with Gasteiger partial charge in [-0.05, 0) is 41.1 Å². The van der Waals surface area contributed by atoms with E-state index in [1.54, 1.807) is 0 Å². The molecule has 1 unspecified atom stereocenters. The molecule has 0 heterocycles. The summed E-state index contributed by atoms with van der Waals surface area (Å²) in [6, 6.07) is 2.88. The molecule has 1 aromatic carbocycles. The molecule has 0 amide bonds. The van der Waals surface area contributed by atoms with Crippen molar-refractivity contribution in [2.75, 3.05) is 5.32 Å². The molecule has 0 spiro atoms. The minimum atomic E-state index is -2.48. The van der Waals surface area contributed by atoms with E-state index in [0.29, 0.717) is 10.2 Å². The molecule has 0 aromatic heterocycles. The average Bonchev–Trinajstić information content (AvgIpc) is 2.11. The summed E-state index contributed by atoms with van der Waals surface area (Å²) < 4.78 is 37.7. The SMILES string of the molecule is CC(Nc1cc(F)ccc1Br)C(F)F. The van der Waals surface area contributed by atoms with Crippen molar-refractivity contribution in [3.05, 3.63) is 28.5 Å². The molecular formula is C9H9BrF3N. The first-order valence-corrected chi connectivity index (χ1v) is 4.79. The molecule has 0 aliphatic heterocycles. The zero-order valence-corrected chi connectivity index (χ0v) is 8.98. The molecule has 5 heteroatoms. The molecule has 1 aromatic rings. The standard InChI is InChI=1S/C9H9BrF3N/c1-5(9(12)13)14-8-4-6(11)2-3-7(8)10/h2-5,9,14H,1H3. The van der Waals surface area contributed by atoms with Crippen LogP contribution in [0.2, 0.25) is 0 Å². The van der Waals surface area contributed by atoms with Gasteiger partial charge in [0.1, 0.15) is 5.82 Å². The van der Waals surface area contributed by atoms with E-state index in [-0.39, 0.29) is 0 Å². The third-order valence-corrected chi connectivity index (χ3v) is 2.38. The lowest BCUT2D eigenvalue weighted by molar-refractivity contribution is 0.130. The quantitative estimate of drug-likeness (QED) is 0.882. The number of rotatable bonds is 3. The summed E-state index contributed by atoms with van der Waals surface area (Å²) in [7, 11) is 0. The molecule has 0 bridgehead atoms. The van der Waals surface area contributed by atoms with E-state index in [0.717, 1.165) is 0 Å². The van der Waals surface area contributed by atoms with Crippen molar-refractivity contribution in [2.24, 2.45) is 0 Å². The Morgan fingerprint density at radius 1 is 1.36 bits per heavy atom. The molecule has 0 saturated heterocycles. The summed E-state index contributed by atoms with van der Waals surface area (Å²) in [4.78, 5) is 0. The number of hydrogen-bond donors (Lipinski definition) is 1. The highest BCUT2D eigenvalue weighted by atomic mass is 79.9. The molecular weight excluding hydrogens is 259 g/mol. The lowest BCUT2D eigenvalue weighted by Gasteiger charge is -2.15. The molecule has 1 N–H and O–H groups in total. The summed E-state index contributed by atoms with van der Waals surface area (Å²) in [5.41, 5.74) is 0.331. The van der Waals surface area contributed by atoms with Crippen LogP contribution in [0.5, 0.6) is 0 Å². The first-order chi connectivity index (χ1) is 6.50. The van der Waals surface area contributed by atoms with E-state index in [4.69, 9.17) is 0 Å². The Bertz CT molecular complexity index is 317. The molecule has 14 heavy (non-hydrogen) atoms. The van der Waals surface area contributed by atoms with Gasteiger partial charge >= 0.3 is 0 Å². The van der Waals surface area contributed by atoms with Gasteiger partial charge in [0.15, 0.2) is 0 Å². The van der Waals surface area contributed by atoms with Crippen molar-refractivity contribution in [3.8, 4) is 0 Å². The molecule has 0 saturated carbocycles. The van der Waals surface area contributed by atoms with Gasteiger partial charge in [-0.2, -0.15) is 0 Å². The number of hydrogen-bond acceptors (Lipinski definition) is 1. The summed E-state index contributed by atoms with van der Waals surface area (Å²) >= 11 is 3.13. The molecule has 1 atom stereocenters. The molecule has 0 aliphatic rings. The van der Waals surface area contributed by atoms with E-state index in [2.05, 4.69) is 21.2 Å². The smallest absolute Gasteiger partial charge is 0.258 e. The van der Waals surface area contributed by atoms with Gasteiger partial charge in [0.25, 0.3) is 6.43 Å². The van der Waals surface area contributed by atoms with Crippen LogP contribution in [0.25, 0.3) is 0 Å². The van der Waals surface area contributed by atoms with Crippen molar-refractivity contribution in [1.82, 2.24) is 0 Å². The van der Waals surface area contributed by atoms with Gasteiger partial charge in [0, 0.05) is 4.47 Å². The molecule has 1 nitrogen and oxygen atoms in total. The number of benzene rings is 1. The number of halogens is 4. The Hall–Kier alpha value is -0.710. The van der Waals surface area contributed by atoms with Crippen LogP contribution < -0.4 is 5.32 Å². The maximum absolute atomic E-state index is 12.8. The van der Waals surface area contributed by atoms with Gasteiger partial charge in [0.2, 0.25) is 0 Å². The predicted molar refractivity (Wildman–Crippen MR) is 53.2 cm³/mol. The lowest BCUT2D eigenvalue weighted by atomic mass is 10.2. The van der Waals surface area contributed by atoms with Crippen molar-refractivity contribution >= 4 is 21.6 Å². The van der Waals surface area contributed by atoms with Crippen LogP contribution in [-0.4, -0.2) is 12.5 Å².